The number of aliphatic hydroxyl groups is 1. The van der Waals surface area contributed by atoms with Gasteiger partial charge in [0.15, 0.2) is 17.3 Å². The van der Waals surface area contributed by atoms with Crippen LogP contribution in [0.3, 0.4) is 0 Å². The molecule has 0 aromatic carbocycles. The summed E-state index contributed by atoms with van der Waals surface area (Å²) in [5.41, 5.74) is -4.32. The molecular weight excluding hydrogens is 476 g/mol. The SMILES string of the molecule is CCCCCCCC(CCCCCCC)(CCCCCCC)C(=O)C(C(=O)O)C(O)(CC(=O)O)C(=O)O. The highest BCUT2D eigenvalue weighted by Crippen LogP contribution is 2.43. The van der Waals surface area contributed by atoms with Crippen molar-refractivity contribution in [1.29, 1.82) is 0 Å². The van der Waals surface area contributed by atoms with Gasteiger partial charge < -0.3 is 20.4 Å². The number of carboxylic acid groups (broad SMARTS) is 3. The summed E-state index contributed by atoms with van der Waals surface area (Å²) in [7, 11) is 0. The first-order valence-corrected chi connectivity index (χ1v) is 14.5. The van der Waals surface area contributed by atoms with Crippen molar-refractivity contribution in [1.82, 2.24) is 0 Å². The minimum Gasteiger partial charge on any atom is -0.481 e. The maximum atomic E-state index is 14.1. The van der Waals surface area contributed by atoms with Gasteiger partial charge in [0.25, 0.3) is 0 Å². The number of carboxylic acids is 3. The number of unbranched alkanes of at least 4 members (excludes halogenated alkanes) is 12. The van der Waals surface area contributed by atoms with Crippen molar-refractivity contribution in [2.45, 2.75) is 148 Å². The van der Waals surface area contributed by atoms with Crippen molar-refractivity contribution in [3.05, 3.63) is 0 Å². The number of Topliss-reactive ketones (excluding diaryl/α,β-unsaturated/α-hetero) is 1. The van der Waals surface area contributed by atoms with Crippen molar-refractivity contribution in [3.8, 4) is 0 Å². The highest BCUT2D eigenvalue weighted by Gasteiger charge is 2.57. The molecule has 0 saturated carbocycles. The maximum Gasteiger partial charge on any atom is 0.337 e. The van der Waals surface area contributed by atoms with Gasteiger partial charge in [-0.1, -0.05) is 117 Å². The molecule has 0 aliphatic rings. The van der Waals surface area contributed by atoms with Crippen LogP contribution in [0.4, 0.5) is 0 Å². The summed E-state index contributed by atoms with van der Waals surface area (Å²) >= 11 is 0. The topological polar surface area (TPSA) is 149 Å². The number of carbonyl (C=O) groups is 4. The minimum atomic E-state index is -3.22. The maximum absolute atomic E-state index is 14.1. The van der Waals surface area contributed by atoms with Crippen LogP contribution in [0.1, 0.15) is 143 Å². The minimum absolute atomic E-state index is 0.420. The first-order valence-electron chi connectivity index (χ1n) is 14.5. The molecule has 8 heteroatoms. The molecular formula is C29H52O8. The smallest absolute Gasteiger partial charge is 0.337 e. The number of ketones is 1. The van der Waals surface area contributed by atoms with Crippen LogP contribution in [0.5, 0.6) is 0 Å². The van der Waals surface area contributed by atoms with E-state index in [1.54, 1.807) is 0 Å². The van der Waals surface area contributed by atoms with Gasteiger partial charge in [0.2, 0.25) is 0 Å². The Hall–Kier alpha value is -1.96. The fourth-order valence-electron chi connectivity index (χ4n) is 5.32. The lowest BCUT2D eigenvalue weighted by Crippen LogP contribution is -2.57. The zero-order valence-electron chi connectivity index (χ0n) is 23.4. The van der Waals surface area contributed by atoms with Gasteiger partial charge in [-0.3, -0.25) is 14.4 Å². The third-order valence-corrected chi connectivity index (χ3v) is 7.58. The zero-order valence-corrected chi connectivity index (χ0v) is 23.4. The molecule has 0 saturated heterocycles. The molecule has 2 atom stereocenters. The van der Waals surface area contributed by atoms with E-state index < -0.39 is 47.0 Å². The van der Waals surface area contributed by atoms with Crippen molar-refractivity contribution < 1.29 is 39.6 Å². The number of rotatable bonds is 25. The van der Waals surface area contributed by atoms with Crippen LogP contribution in [-0.4, -0.2) is 49.7 Å². The van der Waals surface area contributed by atoms with Gasteiger partial charge >= 0.3 is 17.9 Å². The molecule has 0 fully saturated rings. The molecule has 0 amide bonds. The Morgan fingerprint density at radius 1 is 0.595 bits per heavy atom. The van der Waals surface area contributed by atoms with Crippen LogP contribution in [0.2, 0.25) is 0 Å². The highest BCUT2D eigenvalue weighted by atomic mass is 16.4. The van der Waals surface area contributed by atoms with Crippen LogP contribution < -0.4 is 0 Å². The summed E-state index contributed by atoms with van der Waals surface area (Å²) in [6.45, 7) is 6.31. The molecule has 0 aliphatic carbocycles. The summed E-state index contributed by atoms with van der Waals surface area (Å²) in [6, 6.07) is 0. The van der Waals surface area contributed by atoms with Gasteiger partial charge in [0.1, 0.15) is 0 Å². The molecule has 0 radical (unpaired) electrons. The molecule has 0 bridgehead atoms. The standard InChI is InChI=1S/C29H52O8/c1-4-7-10-13-16-19-28(20-17-14-11-8-5-2,21-18-15-12-9-6-3)25(32)24(26(33)34)29(37,27(35)36)22-23(30)31/h24,37H,4-22H2,1-3H3,(H,30,31)(H,33,34)(H,35,36). The first kappa shape index (κ1) is 35.0. The van der Waals surface area contributed by atoms with E-state index in [0.717, 1.165) is 77.0 Å². The van der Waals surface area contributed by atoms with Crippen molar-refractivity contribution in [3.63, 3.8) is 0 Å². The van der Waals surface area contributed by atoms with Crippen LogP contribution in [0, 0.1) is 11.3 Å². The van der Waals surface area contributed by atoms with Crippen molar-refractivity contribution in [2.75, 3.05) is 0 Å². The van der Waals surface area contributed by atoms with Gasteiger partial charge in [0, 0.05) is 5.41 Å². The molecule has 37 heavy (non-hydrogen) atoms. The fraction of sp³-hybridized carbons (Fsp3) is 0.862. The summed E-state index contributed by atoms with van der Waals surface area (Å²) in [5.74, 6) is -8.63. The van der Waals surface area contributed by atoms with Crippen LogP contribution in [0.15, 0.2) is 0 Å². The number of hydrogen-bond donors (Lipinski definition) is 4. The van der Waals surface area contributed by atoms with Gasteiger partial charge in [-0.25, -0.2) is 4.79 Å². The Kier molecular flexibility index (Phi) is 18.1. The Labute approximate surface area is 223 Å². The summed E-state index contributed by atoms with van der Waals surface area (Å²) in [6.07, 6.45) is 14.0. The van der Waals surface area contributed by atoms with E-state index in [9.17, 15) is 39.6 Å². The molecule has 0 rings (SSSR count). The number of carbonyl (C=O) groups excluding carboxylic acids is 1. The third-order valence-electron chi connectivity index (χ3n) is 7.58. The fourth-order valence-corrected chi connectivity index (χ4v) is 5.32. The first-order chi connectivity index (χ1) is 17.5. The molecule has 4 N–H and O–H groups in total. The summed E-state index contributed by atoms with van der Waals surface area (Å²) < 4.78 is 0. The van der Waals surface area contributed by atoms with E-state index in [1.165, 1.54) is 0 Å². The van der Waals surface area contributed by atoms with Gasteiger partial charge in [-0.15, -0.1) is 0 Å². The highest BCUT2D eigenvalue weighted by molar-refractivity contribution is 6.07. The summed E-state index contributed by atoms with van der Waals surface area (Å²) in [4.78, 5) is 49.8. The lowest BCUT2D eigenvalue weighted by Gasteiger charge is -2.38. The molecule has 216 valence electrons. The normalized spacial score (nSPS) is 14.2. The molecule has 0 aromatic rings. The van der Waals surface area contributed by atoms with Gasteiger partial charge in [0.05, 0.1) is 6.42 Å². The lowest BCUT2D eigenvalue weighted by atomic mass is 9.64. The molecule has 0 heterocycles. The Morgan fingerprint density at radius 2 is 0.946 bits per heavy atom. The van der Waals surface area contributed by atoms with E-state index in [4.69, 9.17) is 0 Å². The number of hydrogen-bond acceptors (Lipinski definition) is 5. The molecule has 0 aromatic heterocycles. The second kappa shape index (κ2) is 19.2. The van der Waals surface area contributed by atoms with Gasteiger partial charge in [-0.2, -0.15) is 0 Å². The second-order valence-corrected chi connectivity index (χ2v) is 10.7. The van der Waals surface area contributed by atoms with Crippen LogP contribution in [-0.2, 0) is 19.2 Å². The monoisotopic (exact) mass is 528 g/mol. The quantitative estimate of drug-likeness (QED) is 0.0763. The molecule has 0 aliphatic heterocycles. The summed E-state index contributed by atoms with van der Waals surface area (Å²) in [5, 5.41) is 39.8. The largest absolute Gasteiger partial charge is 0.481 e. The predicted octanol–water partition coefficient (Wildman–Crippen LogP) is 6.61. The average molecular weight is 529 g/mol. The van der Waals surface area contributed by atoms with Crippen molar-refractivity contribution >= 4 is 23.7 Å². The van der Waals surface area contributed by atoms with Crippen molar-refractivity contribution in [2.24, 2.45) is 11.3 Å². The second-order valence-electron chi connectivity index (χ2n) is 10.7. The molecule has 0 spiro atoms. The third kappa shape index (κ3) is 12.4. The predicted molar refractivity (Wildman–Crippen MR) is 144 cm³/mol. The molecule has 8 nitrogen and oxygen atoms in total. The van der Waals surface area contributed by atoms with E-state index in [-0.39, 0.29) is 0 Å². The Bertz CT molecular complexity index is 653. The van der Waals surface area contributed by atoms with E-state index in [1.807, 2.05) is 0 Å². The Morgan fingerprint density at radius 3 is 1.22 bits per heavy atom. The van der Waals surface area contributed by atoms with Crippen LogP contribution >= 0.6 is 0 Å². The molecule has 2 unspecified atom stereocenters. The zero-order chi connectivity index (χ0) is 28.3. The van der Waals surface area contributed by atoms with E-state index in [0.29, 0.717) is 38.5 Å². The number of aliphatic carboxylic acids is 3. The van der Waals surface area contributed by atoms with Gasteiger partial charge in [-0.05, 0) is 19.3 Å². The lowest BCUT2D eigenvalue weighted by molar-refractivity contribution is -0.183. The average Bonchev–Trinajstić information content (AvgIpc) is 2.82. The van der Waals surface area contributed by atoms with E-state index in [2.05, 4.69) is 20.8 Å². The Balaban J connectivity index is 6.30. The van der Waals surface area contributed by atoms with E-state index >= 15 is 0 Å². The van der Waals surface area contributed by atoms with Crippen LogP contribution in [0.25, 0.3) is 0 Å².